The van der Waals surface area contributed by atoms with Gasteiger partial charge in [-0.1, -0.05) is 163 Å². The number of rotatable bonds is 5. The number of furan rings is 1. The van der Waals surface area contributed by atoms with Crippen LogP contribution in [0.4, 0.5) is 0 Å². The second kappa shape index (κ2) is 16.6. The fraction of sp³-hybridized carbons (Fsp3) is 0.127. The van der Waals surface area contributed by atoms with Crippen LogP contribution in [0.5, 0.6) is 0 Å². The summed E-state index contributed by atoms with van der Waals surface area (Å²) in [6.07, 6.45) is 2.65. The van der Waals surface area contributed by atoms with Gasteiger partial charge in [0.1, 0.15) is 5.58 Å². The molecule has 3 nitrogen and oxygen atoms in total. The van der Waals surface area contributed by atoms with E-state index in [9.17, 15) is 0 Å². The van der Waals surface area contributed by atoms with Gasteiger partial charge in [0, 0.05) is 59.7 Å². The maximum absolute atomic E-state index is 8.37. The first-order valence-corrected chi connectivity index (χ1v) is 22.8. The van der Waals surface area contributed by atoms with Crippen molar-refractivity contribution >= 4 is 56.7 Å². The molecule has 0 spiro atoms. The van der Waals surface area contributed by atoms with Crippen LogP contribution in [0.3, 0.4) is 0 Å². The van der Waals surface area contributed by atoms with E-state index in [-0.39, 0.29) is 42.4 Å². The zero-order valence-corrected chi connectivity index (χ0v) is 36.5. The van der Waals surface area contributed by atoms with E-state index in [4.69, 9.17) is 20.9 Å². The van der Waals surface area contributed by atoms with Gasteiger partial charge < -0.3 is 14.4 Å². The predicted octanol–water partition coefficient (Wildman–Crippen LogP) is 14.4. The van der Waals surface area contributed by atoms with E-state index < -0.39 is 35.5 Å². The quantitative estimate of drug-likeness (QED) is 0.0980. The van der Waals surface area contributed by atoms with Crippen LogP contribution in [0, 0.1) is 39.5 Å². The van der Waals surface area contributed by atoms with Crippen LogP contribution in [0.1, 0.15) is 38.7 Å². The third kappa shape index (κ3) is 7.77. The van der Waals surface area contributed by atoms with Gasteiger partial charge in [0.15, 0.2) is 0 Å². The summed E-state index contributed by atoms with van der Waals surface area (Å²) < 4.78 is 102. The van der Waals surface area contributed by atoms with Crippen molar-refractivity contribution in [2.24, 2.45) is 0 Å². The first-order chi connectivity index (χ1) is 33.4. The molecule has 0 aliphatic rings. The molecule has 0 aliphatic carbocycles. The van der Waals surface area contributed by atoms with E-state index in [2.05, 4.69) is 78.1 Å². The van der Waals surface area contributed by atoms with Gasteiger partial charge in [0.2, 0.25) is 0 Å². The summed E-state index contributed by atoms with van der Waals surface area (Å²) >= 11 is 0. The fourth-order valence-corrected chi connectivity index (χ4v) is 8.75. The maximum atomic E-state index is 8.37. The monoisotopic (exact) mass is 983 g/mol. The largest absolute Gasteiger partial charge is 0.500 e. The molecule has 60 heavy (non-hydrogen) atoms. The Labute approximate surface area is 384 Å². The van der Waals surface area contributed by atoms with E-state index in [0.29, 0.717) is 44.8 Å². The van der Waals surface area contributed by atoms with Crippen LogP contribution in [-0.2, 0) is 20.1 Å². The second-order valence-corrected chi connectivity index (χ2v) is 20.7. The smallest absolute Gasteiger partial charge is 0.129 e. The number of nitrogens with zero attached hydrogens (tertiary/aromatic N) is 2. The first-order valence-electron chi connectivity index (χ1n) is 25.3. The van der Waals surface area contributed by atoms with Crippen LogP contribution in [0.2, 0.25) is 19.6 Å². The summed E-state index contributed by atoms with van der Waals surface area (Å²) in [4.78, 5) is 8.81. The molecule has 0 bridgehead atoms. The van der Waals surface area contributed by atoms with Gasteiger partial charge in [-0.3, -0.25) is 0 Å². The standard InChI is InChI=1S/C36H30NOSi.C19H16N.Ir/c1-22-19-26(39(3,4)5)16-18-27(22)32-20-33(37-21-23(32)2)31-12-8-11-29-30-17-15-25-14-13-24-9-6-7-10-28(24)34(25)36(30)38-35(29)31;1-14-8-11-19(20-13-14)17-10-9-15(2)18(12-17)16-6-4-3-5-7-16;/h6-11,13-21H,1-5H3;3-9,11-13H,1-2H3;/q2*-1;/i2*1D3,2D3;. The molecular weight excluding hydrogens is 925 g/mol. The molecule has 3 heterocycles. The average Bonchev–Trinajstić information content (AvgIpc) is 3.72. The molecule has 10 aromatic rings. The topological polar surface area (TPSA) is 38.9 Å². The molecule has 0 unspecified atom stereocenters. The molecule has 0 amide bonds. The average molecular weight is 983 g/mol. The van der Waals surface area contributed by atoms with E-state index >= 15 is 0 Å². The van der Waals surface area contributed by atoms with Crippen molar-refractivity contribution in [2.75, 3.05) is 0 Å². The van der Waals surface area contributed by atoms with Crippen molar-refractivity contribution in [1.82, 2.24) is 9.97 Å². The third-order valence-electron chi connectivity index (χ3n) is 10.7. The van der Waals surface area contributed by atoms with Gasteiger partial charge in [-0.25, -0.2) is 0 Å². The molecule has 0 aliphatic heterocycles. The SMILES string of the molecule is [2H]C([2H])([2H])c1ccc(-c2[c-]cc(C([2H])([2H])[2H])c(-c3ccccc3)c2)nc1.[2H]C([2H])([2H])c1cnc(-c2[c-]ccc3c2oc2c3ccc3ccc4ccccc4c32)cc1-c1ccc([Si](C)(C)C)cc1C([2H])([2H])[2H].[Ir]. The van der Waals surface area contributed by atoms with Crippen molar-refractivity contribution in [3.05, 3.63) is 186 Å². The summed E-state index contributed by atoms with van der Waals surface area (Å²) in [6, 6.07) is 49.2. The number of hydrogen-bond acceptors (Lipinski definition) is 3. The normalized spacial score (nSPS) is 15.2. The van der Waals surface area contributed by atoms with Gasteiger partial charge in [0.05, 0.1) is 13.7 Å². The maximum Gasteiger partial charge on any atom is 0.129 e. The number of aryl methyl sites for hydroxylation is 4. The Morgan fingerprint density at radius 2 is 1.33 bits per heavy atom. The Kier molecular flexibility index (Phi) is 7.87. The van der Waals surface area contributed by atoms with Crippen molar-refractivity contribution in [1.29, 1.82) is 0 Å². The molecule has 0 saturated heterocycles. The molecule has 1 radical (unpaired) electrons. The number of hydrogen-bond donors (Lipinski definition) is 0. The molecule has 7 aromatic carbocycles. The number of aromatic nitrogens is 2. The molecular formula is C55H46IrN2OSi-2. The third-order valence-corrected chi connectivity index (χ3v) is 12.8. The summed E-state index contributed by atoms with van der Waals surface area (Å²) in [7, 11) is -1.86. The van der Waals surface area contributed by atoms with Crippen LogP contribution < -0.4 is 5.19 Å². The molecule has 0 fully saturated rings. The Balaban J connectivity index is 0.000000219. The van der Waals surface area contributed by atoms with Crippen molar-refractivity contribution in [3.8, 4) is 44.8 Å². The van der Waals surface area contributed by atoms with E-state index in [1.807, 2.05) is 60.7 Å². The Morgan fingerprint density at radius 1 is 0.567 bits per heavy atom. The zero-order chi connectivity index (χ0) is 50.8. The Hall–Kier alpha value is -5.97. The summed E-state index contributed by atoms with van der Waals surface area (Å²) in [5, 5.41) is 7.11. The van der Waals surface area contributed by atoms with Crippen LogP contribution in [-0.4, -0.2) is 18.0 Å². The molecule has 0 atom stereocenters. The first kappa shape index (κ1) is 28.5. The molecule has 0 saturated carbocycles. The molecule has 297 valence electrons. The van der Waals surface area contributed by atoms with Gasteiger partial charge in [-0.2, -0.15) is 0 Å². The van der Waals surface area contributed by atoms with Crippen LogP contribution in [0.25, 0.3) is 88.3 Å². The van der Waals surface area contributed by atoms with Gasteiger partial charge in [-0.15, -0.1) is 47.5 Å². The minimum atomic E-state index is -2.51. The van der Waals surface area contributed by atoms with Crippen molar-refractivity contribution in [2.45, 2.75) is 47.0 Å². The summed E-state index contributed by atoms with van der Waals surface area (Å²) in [5.74, 6) is 0. The van der Waals surface area contributed by atoms with Crippen LogP contribution in [0.15, 0.2) is 156 Å². The number of fused-ring (bicyclic) bond motifs is 7. The minimum Gasteiger partial charge on any atom is -0.500 e. The van der Waals surface area contributed by atoms with E-state index in [0.717, 1.165) is 48.7 Å². The van der Waals surface area contributed by atoms with Crippen molar-refractivity contribution in [3.63, 3.8) is 0 Å². The number of pyridine rings is 2. The van der Waals surface area contributed by atoms with Crippen molar-refractivity contribution < 1.29 is 41.0 Å². The van der Waals surface area contributed by atoms with Gasteiger partial charge in [0.25, 0.3) is 0 Å². The predicted molar refractivity (Wildman–Crippen MR) is 252 cm³/mol. The molecule has 5 heteroatoms. The fourth-order valence-electron chi connectivity index (χ4n) is 7.59. The molecule has 10 rings (SSSR count). The van der Waals surface area contributed by atoms with Gasteiger partial charge >= 0.3 is 0 Å². The summed E-state index contributed by atoms with van der Waals surface area (Å²) in [6.45, 7) is -2.98. The zero-order valence-electron chi connectivity index (χ0n) is 45.1. The molecule has 0 N–H and O–H groups in total. The molecule has 3 aromatic heterocycles. The summed E-state index contributed by atoms with van der Waals surface area (Å²) in [5.41, 5.74) is 6.04. The van der Waals surface area contributed by atoms with E-state index in [1.54, 1.807) is 30.3 Å². The second-order valence-electron chi connectivity index (χ2n) is 15.6. The van der Waals surface area contributed by atoms with E-state index in [1.165, 1.54) is 24.5 Å². The Bertz CT molecular complexity index is 3630. The number of benzene rings is 7. The minimum absolute atomic E-state index is 0. The van der Waals surface area contributed by atoms with Crippen LogP contribution >= 0.6 is 0 Å². The Morgan fingerprint density at radius 3 is 2.12 bits per heavy atom. The van der Waals surface area contributed by atoms with Gasteiger partial charge in [-0.05, 0) is 81.5 Å².